The van der Waals surface area contributed by atoms with Crippen molar-refractivity contribution in [2.24, 2.45) is 5.92 Å². The first-order valence-corrected chi connectivity index (χ1v) is 11.6. The fourth-order valence-electron chi connectivity index (χ4n) is 3.33. The lowest BCUT2D eigenvalue weighted by Crippen LogP contribution is -2.37. The van der Waals surface area contributed by atoms with Crippen molar-refractivity contribution in [2.75, 3.05) is 25.4 Å². The Balaban J connectivity index is 1.98. The minimum Gasteiger partial charge on any atom is -0.356 e. The van der Waals surface area contributed by atoms with Crippen LogP contribution in [0.15, 0.2) is 30.3 Å². The molecule has 2 amide bonds. The topological polar surface area (TPSA) is 95.6 Å². The van der Waals surface area contributed by atoms with E-state index in [0.29, 0.717) is 45.3 Å². The van der Waals surface area contributed by atoms with Crippen molar-refractivity contribution in [3.05, 3.63) is 35.9 Å². The summed E-state index contributed by atoms with van der Waals surface area (Å²) in [4.78, 5) is 24.6. The molecular weight excluding hydrogens is 378 g/mol. The molecule has 2 N–H and O–H groups in total. The van der Waals surface area contributed by atoms with Crippen LogP contribution >= 0.6 is 0 Å². The van der Waals surface area contributed by atoms with Gasteiger partial charge in [0.05, 0.1) is 5.75 Å². The Hall–Kier alpha value is -1.93. The first-order valence-electron chi connectivity index (χ1n) is 9.98. The van der Waals surface area contributed by atoms with Crippen LogP contribution in [0.25, 0.3) is 0 Å². The maximum atomic E-state index is 12.6. The van der Waals surface area contributed by atoms with E-state index < -0.39 is 10.0 Å². The van der Waals surface area contributed by atoms with E-state index in [0.717, 1.165) is 5.56 Å². The van der Waals surface area contributed by atoms with Gasteiger partial charge in [-0.2, -0.15) is 0 Å². The average Bonchev–Trinajstić information content (AvgIpc) is 2.71. The van der Waals surface area contributed by atoms with Gasteiger partial charge in [0.2, 0.25) is 21.8 Å². The Kier molecular flexibility index (Phi) is 8.92. The molecule has 0 aromatic heterocycles. The number of nitrogens with zero attached hydrogens (tertiary/aromatic N) is 1. The lowest BCUT2D eigenvalue weighted by Gasteiger charge is -2.22. The maximum Gasteiger partial charge on any atom is 0.223 e. The lowest BCUT2D eigenvalue weighted by atomic mass is 9.98. The van der Waals surface area contributed by atoms with Crippen LogP contribution in [-0.2, 0) is 26.2 Å². The van der Waals surface area contributed by atoms with E-state index in [-0.39, 0.29) is 36.5 Å². The van der Waals surface area contributed by atoms with E-state index in [1.54, 1.807) is 0 Å². The fourth-order valence-corrected chi connectivity index (χ4v) is 4.88. The summed E-state index contributed by atoms with van der Waals surface area (Å²) in [6.07, 6.45) is 2.42. The van der Waals surface area contributed by atoms with Gasteiger partial charge in [0.25, 0.3) is 0 Å². The summed E-state index contributed by atoms with van der Waals surface area (Å²) in [5, 5.41) is 5.76. The molecule has 7 nitrogen and oxygen atoms in total. The van der Waals surface area contributed by atoms with Crippen LogP contribution in [0.1, 0.15) is 44.6 Å². The molecule has 1 aliphatic heterocycles. The summed E-state index contributed by atoms with van der Waals surface area (Å²) < 4.78 is 26.3. The van der Waals surface area contributed by atoms with Gasteiger partial charge in [-0.25, -0.2) is 12.7 Å². The van der Waals surface area contributed by atoms with Crippen molar-refractivity contribution in [3.63, 3.8) is 0 Å². The number of sulfonamides is 1. The molecule has 1 atom stereocenters. The van der Waals surface area contributed by atoms with Crippen LogP contribution < -0.4 is 10.6 Å². The van der Waals surface area contributed by atoms with E-state index in [9.17, 15) is 18.0 Å². The molecule has 0 saturated carbocycles. The molecule has 1 unspecified atom stereocenters. The number of carbonyl (C=O) groups excluding carboxylic acids is 2. The van der Waals surface area contributed by atoms with Crippen molar-refractivity contribution in [2.45, 2.75) is 45.6 Å². The molecule has 8 heteroatoms. The van der Waals surface area contributed by atoms with E-state index in [4.69, 9.17) is 0 Å². The van der Waals surface area contributed by atoms with Crippen LogP contribution in [0.3, 0.4) is 0 Å². The summed E-state index contributed by atoms with van der Waals surface area (Å²) >= 11 is 0. The number of benzene rings is 1. The third-order valence-corrected chi connectivity index (χ3v) is 6.98. The molecule has 0 aliphatic carbocycles. The van der Waals surface area contributed by atoms with Crippen LogP contribution in [0.5, 0.6) is 0 Å². The number of carbonyl (C=O) groups is 2. The molecule has 0 spiro atoms. The Morgan fingerprint density at radius 1 is 1.21 bits per heavy atom. The zero-order valence-electron chi connectivity index (χ0n) is 16.5. The summed E-state index contributed by atoms with van der Waals surface area (Å²) in [5.74, 6) is -0.407. The molecule has 1 aromatic carbocycles. The zero-order valence-corrected chi connectivity index (χ0v) is 17.3. The number of amides is 2. The van der Waals surface area contributed by atoms with Gasteiger partial charge in [-0.05, 0) is 31.2 Å². The highest BCUT2D eigenvalue weighted by Gasteiger charge is 2.25. The zero-order chi connectivity index (χ0) is 20.4. The van der Waals surface area contributed by atoms with Crippen LogP contribution in [0.2, 0.25) is 0 Å². The van der Waals surface area contributed by atoms with Crippen molar-refractivity contribution in [1.29, 1.82) is 0 Å². The Morgan fingerprint density at radius 2 is 1.96 bits per heavy atom. The van der Waals surface area contributed by atoms with Gasteiger partial charge < -0.3 is 10.6 Å². The number of rotatable bonds is 6. The summed E-state index contributed by atoms with van der Waals surface area (Å²) in [6.45, 7) is 3.24. The second-order valence-electron chi connectivity index (χ2n) is 7.15. The van der Waals surface area contributed by atoms with Gasteiger partial charge in [0.1, 0.15) is 0 Å². The molecule has 2 rings (SSSR count). The van der Waals surface area contributed by atoms with E-state index in [1.165, 1.54) is 4.31 Å². The number of nitrogens with one attached hydrogen (secondary N) is 2. The monoisotopic (exact) mass is 409 g/mol. The third kappa shape index (κ3) is 7.24. The minimum absolute atomic E-state index is 0.0553. The highest BCUT2D eigenvalue weighted by molar-refractivity contribution is 7.89. The van der Waals surface area contributed by atoms with Crippen molar-refractivity contribution >= 4 is 21.8 Å². The van der Waals surface area contributed by atoms with Crippen molar-refractivity contribution in [1.82, 2.24) is 14.9 Å². The summed E-state index contributed by atoms with van der Waals surface area (Å²) in [5.41, 5.74) is 1.03. The SMILES string of the molecule is CCCS(=O)(=O)N1CCCC(C(=O)NCc2ccccc2)CCNC(=O)CC1. The molecule has 28 heavy (non-hydrogen) atoms. The highest BCUT2D eigenvalue weighted by Crippen LogP contribution is 2.15. The van der Waals surface area contributed by atoms with Crippen molar-refractivity contribution in [3.8, 4) is 0 Å². The number of hydrogen-bond donors (Lipinski definition) is 2. The second-order valence-corrected chi connectivity index (χ2v) is 9.23. The van der Waals surface area contributed by atoms with Gasteiger partial charge in [-0.1, -0.05) is 37.3 Å². The highest BCUT2D eigenvalue weighted by atomic mass is 32.2. The number of hydrogen-bond acceptors (Lipinski definition) is 4. The molecular formula is C20H31N3O4S. The predicted molar refractivity (Wildman–Crippen MR) is 109 cm³/mol. The maximum absolute atomic E-state index is 12.6. The molecule has 1 fully saturated rings. The normalized spacial score (nSPS) is 20.0. The van der Waals surface area contributed by atoms with Gasteiger partial charge in [0.15, 0.2) is 0 Å². The minimum atomic E-state index is -3.37. The van der Waals surface area contributed by atoms with Crippen LogP contribution in [-0.4, -0.2) is 49.9 Å². The molecule has 1 aliphatic rings. The smallest absolute Gasteiger partial charge is 0.223 e. The molecule has 1 aromatic rings. The van der Waals surface area contributed by atoms with Gasteiger partial charge >= 0.3 is 0 Å². The van der Waals surface area contributed by atoms with E-state index in [2.05, 4.69) is 10.6 Å². The van der Waals surface area contributed by atoms with Gasteiger partial charge in [-0.3, -0.25) is 9.59 Å². The van der Waals surface area contributed by atoms with Gasteiger partial charge in [-0.15, -0.1) is 0 Å². The van der Waals surface area contributed by atoms with Gasteiger partial charge in [0, 0.05) is 38.5 Å². The first-order chi connectivity index (χ1) is 13.4. The Labute approximate surface area is 167 Å². The van der Waals surface area contributed by atoms with E-state index in [1.807, 2.05) is 37.3 Å². The largest absolute Gasteiger partial charge is 0.356 e. The predicted octanol–water partition coefficient (Wildman–Crippen LogP) is 1.65. The summed E-state index contributed by atoms with van der Waals surface area (Å²) in [6, 6.07) is 9.68. The lowest BCUT2D eigenvalue weighted by molar-refractivity contribution is -0.126. The van der Waals surface area contributed by atoms with Crippen molar-refractivity contribution < 1.29 is 18.0 Å². The van der Waals surface area contributed by atoms with E-state index >= 15 is 0 Å². The van der Waals surface area contributed by atoms with Crippen LogP contribution in [0, 0.1) is 5.92 Å². The fraction of sp³-hybridized carbons (Fsp3) is 0.600. The molecule has 1 heterocycles. The second kappa shape index (κ2) is 11.2. The average molecular weight is 410 g/mol. The molecule has 0 bridgehead atoms. The quantitative estimate of drug-likeness (QED) is 0.747. The Morgan fingerprint density at radius 3 is 2.68 bits per heavy atom. The summed E-state index contributed by atoms with van der Waals surface area (Å²) in [7, 11) is -3.37. The molecule has 156 valence electrons. The van der Waals surface area contributed by atoms with Crippen LogP contribution in [0.4, 0.5) is 0 Å². The Bertz CT molecular complexity index is 737. The standard InChI is InChI=1S/C20H31N3O4S/c1-2-15-28(26,27)23-13-6-9-18(10-12-21-19(24)11-14-23)20(25)22-16-17-7-4-3-5-8-17/h3-5,7-8,18H,2,6,9-16H2,1H3,(H,21,24)(H,22,25). The third-order valence-electron chi connectivity index (χ3n) is 4.90. The molecule has 1 saturated heterocycles. The first kappa shape index (κ1) is 22.4. The molecule has 0 radical (unpaired) electrons.